The van der Waals surface area contributed by atoms with Crippen LogP contribution in [-0.2, 0) is 6.42 Å². The molecular weight excluding hydrogens is 316 g/mol. The zero-order valence-electron chi connectivity index (χ0n) is 14.5. The van der Waals surface area contributed by atoms with E-state index in [0.29, 0.717) is 23.6 Å². The minimum Gasteiger partial charge on any atom is -0.481 e. The average molecular weight is 336 g/mol. The summed E-state index contributed by atoms with van der Waals surface area (Å²) < 4.78 is 5.05. The van der Waals surface area contributed by atoms with Crippen LogP contribution in [0.15, 0.2) is 43.0 Å². The van der Waals surface area contributed by atoms with Gasteiger partial charge in [-0.3, -0.25) is 4.98 Å². The lowest BCUT2D eigenvalue weighted by Crippen LogP contribution is -2.02. The minimum atomic E-state index is 0.458. The second-order valence-corrected chi connectivity index (χ2v) is 5.98. The molecule has 0 fully saturated rings. The number of hydrogen-bond donors (Lipinski definition) is 1. The Bertz CT molecular complexity index is 835. The molecule has 0 amide bonds. The third-order valence-electron chi connectivity index (χ3n) is 3.47. The lowest BCUT2D eigenvalue weighted by Gasteiger charge is -2.08. The first-order valence-corrected chi connectivity index (χ1v) is 8.05. The summed E-state index contributed by atoms with van der Waals surface area (Å²) in [6.45, 7) is 4.34. The molecule has 7 nitrogen and oxygen atoms in total. The number of anilines is 2. The van der Waals surface area contributed by atoms with Crippen molar-refractivity contribution in [3.63, 3.8) is 0 Å². The van der Waals surface area contributed by atoms with Gasteiger partial charge in [-0.2, -0.15) is 4.98 Å². The summed E-state index contributed by atoms with van der Waals surface area (Å²) in [5, 5.41) is 3.12. The van der Waals surface area contributed by atoms with Crippen molar-refractivity contribution in [1.82, 2.24) is 24.9 Å². The van der Waals surface area contributed by atoms with Gasteiger partial charge < -0.3 is 10.1 Å². The van der Waals surface area contributed by atoms with Gasteiger partial charge in [-0.05, 0) is 30.5 Å². The number of pyridine rings is 2. The zero-order chi connectivity index (χ0) is 17.6. The summed E-state index contributed by atoms with van der Waals surface area (Å²) >= 11 is 0. The van der Waals surface area contributed by atoms with Gasteiger partial charge in [0, 0.05) is 23.5 Å². The zero-order valence-corrected chi connectivity index (χ0v) is 14.5. The second kappa shape index (κ2) is 7.65. The van der Waals surface area contributed by atoms with E-state index in [2.05, 4.69) is 44.1 Å². The molecule has 0 aromatic carbocycles. The van der Waals surface area contributed by atoms with Gasteiger partial charge in [0.1, 0.15) is 6.33 Å². The van der Waals surface area contributed by atoms with Crippen LogP contribution in [0.2, 0.25) is 0 Å². The molecule has 1 N–H and O–H groups in total. The quantitative estimate of drug-likeness (QED) is 0.739. The highest BCUT2D eigenvalue weighted by Gasteiger charge is 2.07. The maximum absolute atomic E-state index is 5.05. The Morgan fingerprint density at radius 3 is 2.68 bits per heavy atom. The van der Waals surface area contributed by atoms with Crippen molar-refractivity contribution in [2.45, 2.75) is 20.3 Å². The van der Waals surface area contributed by atoms with E-state index in [4.69, 9.17) is 4.74 Å². The van der Waals surface area contributed by atoms with E-state index in [1.807, 2.05) is 18.2 Å². The number of ether oxygens (including phenoxy) is 1. The summed E-state index contributed by atoms with van der Waals surface area (Å²) in [5.74, 6) is 2.16. The van der Waals surface area contributed by atoms with Gasteiger partial charge in [-0.15, -0.1) is 0 Å². The van der Waals surface area contributed by atoms with Crippen LogP contribution in [0.5, 0.6) is 5.88 Å². The first-order valence-electron chi connectivity index (χ1n) is 8.05. The normalized spacial score (nSPS) is 10.7. The highest BCUT2D eigenvalue weighted by Crippen LogP contribution is 2.19. The number of nitrogens with one attached hydrogen (secondary N) is 1. The van der Waals surface area contributed by atoms with Crippen LogP contribution in [-0.4, -0.2) is 32.0 Å². The molecule has 0 saturated heterocycles. The van der Waals surface area contributed by atoms with Crippen molar-refractivity contribution in [1.29, 1.82) is 0 Å². The Kier molecular flexibility index (Phi) is 5.13. The van der Waals surface area contributed by atoms with Crippen molar-refractivity contribution < 1.29 is 4.74 Å². The van der Waals surface area contributed by atoms with Gasteiger partial charge in [-0.25, -0.2) is 15.0 Å². The number of hydrogen-bond acceptors (Lipinski definition) is 7. The van der Waals surface area contributed by atoms with Crippen molar-refractivity contribution in [3.8, 4) is 17.3 Å². The van der Waals surface area contributed by atoms with Crippen molar-refractivity contribution in [2.24, 2.45) is 5.92 Å². The molecule has 25 heavy (non-hydrogen) atoms. The molecule has 0 unspecified atom stereocenters. The first kappa shape index (κ1) is 16.8. The standard InChI is InChI=1S/C18H20N6O/c1-12(2)8-15-9-13(6-7-19-15)17-21-11-22-18(24-17)23-14-4-5-16(25-3)20-10-14/h4-7,9-12H,8H2,1-3H3,(H,21,22,23,24). The lowest BCUT2D eigenvalue weighted by atomic mass is 10.1. The van der Waals surface area contributed by atoms with Crippen LogP contribution < -0.4 is 10.1 Å². The molecule has 0 saturated carbocycles. The molecule has 0 aliphatic carbocycles. The monoisotopic (exact) mass is 336 g/mol. The van der Waals surface area contributed by atoms with E-state index >= 15 is 0 Å². The van der Waals surface area contributed by atoms with E-state index in [1.165, 1.54) is 6.33 Å². The fraction of sp³-hybridized carbons (Fsp3) is 0.278. The van der Waals surface area contributed by atoms with E-state index in [1.54, 1.807) is 25.6 Å². The molecule has 0 radical (unpaired) electrons. The maximum Gasteiger partial charge on any atom is 0.230 e. The predicted octanol–water partition coefficient (Wildman–Crippen LogP) is 3.28. The summed E-state index contributed by atoms with van der Waals surface area (Å²) in [6, 6.07) is 7.54. The fourth-order valence-electron chi connectivity index (χ4n) is 2.35. The SMILES string of the molecule is COc1ccc(Nc2ncnc(-c3ccnc(CC(C)C)c3)n2)cn1. The second-order valence-electron chi connectivity index (χ2n) is 5.98. The van der Waals surface area contributed by atoms with Crippen LogP contribution in [0.1, 0.15) is 19.5 Å². The van der Waals surface area contributed by atoms with Gasteiger partial charge in [0.2, 0.25) is 11.8 Å². The summed E-state index contributed by atoms with van der Waals surface area (Å²) in [5.41, 5.74) is 2.72. The number of methoxy groups -OCH3 is 1. The van der Waals surface area contributed by atoms with Gasteiger partial charge in [0.05, 0.1) is 19.0 Å². The third kappa shape index (κ3) is 4.47. The van der Waals surface area contributed by atoms with E-state index in [-0.39, 0.29) is 0 Å². The van der Waals surface area contributed by atoms with Gasteiger partial charge in [-0.1, -0.05) is 13.8 Å². The molecule has 128 valence electrons. The Balaban J connectivity index is 1.81. The molecule has 0 aliphatic rings. The van der Waals surface area contributed by atoms with Gasteiger partial charge >= 0.3 is 0 Å². The number of rotatable bonds is 6. The lowest BCUT2D eigenvalue weighted by molar-refractivity contribution is 0.398. The summed E-state index contributed by atoms with van der Waals surface area (Å²) in [4.78, 5) is 21.5. The average Bonchev–Trinajstić information content (AvgIpc) is 2.62. The topological polar surface area (TPSA) is 85.7 Å². The van der Waals surface area contributed by atoms with Gasteiger partial charge in [0.15, 0.2) is 5.82 Å². The Morgan fingerprint density at radius 2 is 1.96 bits per heavy atom. The van der Waals surface area contributed by atoms with Crippen LogP contribution >= 0.6 is 0 Å². The van der Waals surface area contributed by atoms with Crippen molar-refractivity contribution >= 4 is 11.6 Å². The highest BCUT2D eigenvalue weighted by molar-refractivity contribution is 5.58. The first-order chi connectivity index (χ1) is 12.1. The molecule has 3 aromatic rings. The third-order valence-corrected chi connectivity index (χ3v) is 3.47. The van der Waals surface area contributed by atoms with Gasteiger partial charge in [0.25, 0.3) is 0 Å². The Morgan fingerprint density at radius 1 is 1.08 bits per heavy atom. The fourth-order valence-corrected chi connectivity index (χ4v) is 2.35. The molecule has 3 aromatic heterocycles. The number of aromatic nitrogens is 5. The molecule has 0 aliphatic heterocycles. The minimum absolute atomic E-state index is 0.458. The molecule has 3 rings (SSSR count). The smallest absolute Gasteiger partial charge is 0.230 e. The predicted molar refractivity (Wildman–Crippen MR) is 95.7 cm³/mol. The molecule has 0 atom stereocenters. The molecular formula is C18H20N6O. The molecule has 0 spiro atoms. The van der Waals surface area contributed by atoms with Crippen molar-refractivity contribution in [3.05, 3.63) is 48.7 Å². The Labute approximate surface area is 146 Å². The Hall–Kier alpha value is -3.09. The maximum atomic E-state index is 5.05. The highest BCUT2D eigenvalue weighted by atomic mass is 16.5. The van der Waals surface area contributed by atoms with E-state index in [9.17, 15) is 0 Å². The summed E-state index contributed by atoms with van der Waals surface area (Å²) in [6.07, 6.45) is 5.86. The molecule has 3 heterocycles. The van der Waals surface area contributed by atoms with Crippen LogP contribution in [0.3, 0.4) is 0 Å². The molecule has 0 bridgehead atoms. The molecule has 7 heteroatoms. The van der Waals surface area contributed by atoms with Crippen LogP contribution in [0.25, 0.3) is 11.4 Å². The van der Waals surface area contributed by atoms with E-state index in [0.717, 1.165) is 23.4 Å². The number of nitrogens with zero attached hydrogens (tertiary/aromatic N) is 5. The van der Waals surface area contributed by atoms with Crippen molar-refractivity contribution in [2.75, 3.05) is 12.4 Å². The van der Waals surface area contributed by atoms with E-state index < -0.39 is 0 Å². The van der Waals surface area contributed by atoms with Crippen LogP contribution in [0, 0.1) is 5.92 Å². The summed E-state index contributed by atoms with van der Waals surface area (Å²) in [7, 11) is 1.58. The largest absolute Gasteiger partial charge is 0.481 e. The van der Waals surface area contributed by atoms with Crippen LogP contribution in [0.4, 0.5) is 11.6 Å².